The molecule has 1 saturated carbocycles. The Balaban J connectivity index is 1.59. The minimum atomic E-state index is -4.75. The van der Waals surface area contributed by atoms with Crippen LogP contribution in [0.3, 0.4) is 0 Å². The molecule has 4 rings (SSSR count). The van der Waals surface area contributed by atoms with Crippen LogP contribution in [0.2, 0.25) is 0 Å². The van der Waals surface area contributed by atoms with Crippen molar-refractivity contribution in [2.45, 2.75) is 31.8 Å². The van der Waals surface area contributed by atoms with Crippen molar-refractivity contribution < 1.29 is 17.9 Å². The van der Waals surface area contributed by atoms with E-state index < -0.39 is 6.36 Å². The van der Waals surface area contributed by atoms with Gasteiger partial charge in [0.25, 0.3) is 0 Å². The number of nitrogens with one attached hydrogen (secondary N) is 2. The fraction of sp³-hybridized carbons (Fsp3) is 0.238. The van der Waals surface area contributed by atoms with E-state index in [9.17, 15) is 13.2 Å². The Bertz CT molecular complexity index is 1020. The van der Waals surface area contributed by atoms with Crippen molar-refractivity contribution in [3.05, 3.63) is 64.6 Å². The maximum absolute atomic E-state index is 12.6. The summed E-state index contributed by atoms with van der Waals surface area (Å²) in [6.45, 7) is 0.545. The van der Waals surface area contributed by atoms with Gasteiger partial charge in [0.1, 0.15) is 11.6 Å². The summed E-state index contributed by atoms with van der Waals surface area (Å²) in [4.78, 5) is 8.98. The maximum Gasteiger partial charge on any atom is 0.573 e. The van der Waals surface area contributed by atoms with Crippen LogP contribution in [-0.4, -0.2) is 22.4 Å². The minimum absolute atomic E-state index is 0.292. The summed E-state index contributed by atoms with van der Waals surface area (Å²) in [7, 11) is 0. The predicted molar refractivity (Wildman–Crippen MR) is 112 cm³/mol. The van der Waals surface area contributed by atoms with Crippen LogP contribution in [-0.2, 0) is 6.54 Å². The summed E-state index contributed by atoms with van der Waals surface area (Å²) in [5.41, 5.74) is 2.07. The van der Waals surface area contributed by atoms with Crippen molar-refractivity contribution >= 4 is 27.7 Å². The molecule has 0 radical (unpaired) electrons. The first-order valence-electron chi connectivity index (χ1n) is 9.34. The first-order chi connectivity index (χ1) is 14.3. The highest BCUT2D eigenvalue weighted by Crippen LogP contribution is 2.30. The molecule has 0 amide bonds. The molecule has 0 atom stereocenters. The zero-order valence-electron chi connectivity index (χ0n) is 15.7. The van der Waals surface area contributed by atoms with Gasteiger partial charge in [0.15, 0.2) is 0 Å². The largest absolute Gasteiger partial charge is 0.573 e. The number of ether oxygens (including phenoxy) is 1. The van der Waals surface area contributed by atoms with Crippen molar-refractivity contribution in [1.82, 2.24) is 9.97 Å². The molecule has 2 aromatic carbocycles. The normalized spacial score (nSPS) is 13.7. The molecule has 0 saturated heterocycles. The van der Waals surface area contributed by atoms with Crippen molar-refractivity contribution in [3.8, 4) is 17.0 Å². The second kappa shape index (κ2) is 8.51. The van der Waals surface area contributed by atoms with E-state index in [0.29, 0.717) is 35.6 Å². The summed E-state index contributed by atoms with van der Waals surface area (Å²) in [6.07, 6.45) is -2.66. The van der Waals surface area contributed by atoms with Gasteiger partial charge in [-0.2, -0.15) is 4.98 Å². The molecular weight excluding hydrogens is 461 g/mol. The highest BCUT2D eigenvalue weighted by Gasteiger charge is 2.31. The van der Waals surface area contributed by atoms with Gasteiger partial charge >= 0.3 is 6.36 Å². The molecule has 9 heteroatoms. The molecule has 156 valence electrons. The molecule has 0 spiro atoms. The van der Waals surface area contributed by atoms with Gasteiger partial charge in [-0.25, -0.2) is 4.98 Å². The van der Waals surface area contributed by atoms with Crippen molar-refractivity contribution in [1.29, 1.82) is 0 Å². The third-order valence-electron chi connectivity index (χ3n) is 4.39. The minimum Gasteiger partial charge on any atom is -0.406 e. The first kappa shape index (κ1) is 20.5. The van der Waals surface area contributed by atoms with Gasteiger partial charge in [-0.1, -0.05) is 40.2 Å². The number of benzene rings is 2. The SMILES string of the molecule is FC(F)(F)Oc1cccc(-c2cc(NCc3ccc(Br)cc3)nc(NC3CC3)n2)c1. The summed E-state index contributed by atoms with van der Waals surface area (Å²) in [5.74, 6) is 0.725. The fourth-order valence-electron chi connectivity index (χ4n) is 2.81. The highest BCUT2D eigenvalue weighted by molar-refractivity contribution is 9.10. The first-order valence-corrected chi connectivity index (χ1v) is 10.1. The fourth-order valence-corrected chi connectivity index (χ4v) is 3.07. The highest BCUT2D eigenvalue weighted by atomic mass is 79.9. The summed E-state index contributed by atoms with van der Waals surface area (Å²) in [5, 5.41) is 6.51. The van der Waals surface area contributed by atoms with Gasteiger partial charge in [0.05, 0.1) is 5.69 Å². The molecule has 1 aliphatic carbocycles. The van der Waals surface area contributed by atoms with Gasteiger partial charge in [-0.15, -0.1) is 13.2 Å². The Hall–Kier alpha value is -2.81. The summed E-state index contributed by atoms with van der Waals surface area (Å²) >= 11 is 3.41. The van der Waals surface area contributed by atoms with Crippen LogP contribution in [0.25, 0.3) is 11.3 Å². The molecule has 2 N–H and O–H groups in total. The van der Waals surface area contributed by atoms with Gasteiger partial charge < -0.3 is 15.4 Å². The average Bonchev–Trinajstić information content (AvgIpc) is 3.50. The van der Waals surface area contributed by atoms with Crippen LogP contribution >= 0.6 is 15.9 Å². The van der Waals surface area contributed by atoms with E-state index in [2.05, 4.69) is 41.3 Å². The number of rotatable bonds is 7. The Morgan fingerprint density at radius 3 is 2.50 bits per heavy atom. The number of hydrogen-bond acceptors (Lipinski definition) is 5. The number of aromatic nitrogens is 2. The number of hydrogen-bond donors (Lipinski definition) is 2. The zero-order chi connectivity index (χ0) is 21.1. The lowest BCUT2D eigenvalue weighted by molar-refractivity contribution is -0.274. The van der Waals surface area contributed by atoms with Crippen LogP contribution in [0.15, 0.2) is 59.1 Å². The van der Waals surface area contributed by atoms with Gasteiger partial charge in [0.2, 0.25) is 5.95 Å². The molecule has 0 aliphatic heterocycles. The monoisotopic (exact) mass is 478 g/mol. The summed E-state index contributed by atoms with van der Waals surface area (Å²) in [6, 6.07) is 15.7. The van der Waals surface area contributed by atoms with E-state index >= 15 is 0 Å². The average molecular weight is 479 g/mol. The van der Waals surface area contributed by atoms with Crippen LogP contribution < -0.4 is 15.4 Å². The second-order valence-electron chi connectivity index (χ2n) is 6.94. The third-order valence-corrected chi connectivity index (χ3v) is 4.92. The molecule has 5 nitrogen and oxygen atoms in total. The number of anilines is 2. The van der Waals surface area contributed by atoms with E-state index in [4.69, 9.17) is 0 Å². The molecule has 1 fully saturated rings. The molecular formula is C21H18BrF3N4O. The van der Waals surface area contributed by atoms with E-state index in [1.807, 2.05) is 24.3 Å². The van der Waals surface area contributed by atoms with Crippen LogP contribution in [0.4, 0.5) is 24.9 Å². The molecule has 30 heavy (non-hydrogen) atoms. The smallest absolute Gasteiger partial charge is 0.406 e. The topological polar surface area (TPSA) is 59.1 Å². The number of halogens is 4. The van der Waals surface area contributed by atoms with Gasteiger partial charge in [-0.05, 0) is 42.7 Å². The van der Waals surface area contributed by atoms with Gasteiger partial charge in [0, 0.05) is 28.7 Å². The van der Waals surface area contributed by atoms with E-state index in [1.165, 1.54) is 18.2 Å². The molecule has 1 heterocycles. The molecule has 3 aromatic rings. The lowest BCUT2D eigenvalue weighted by Gasteiger charge is -2.13. The standard InChI is InChI=1S/C21H18BrF3N4O/c22-15-6-4-13(5-7-15)12-26-19-11-18(28-20(29-19)27-16-8-9-16)14-2-1-3-17(10-14)30-21(23,24)25/h1-7,10-11,16H,8-9,12H2,(H2,26,27,28,29). The van der Waals surface area contributed by atoms with Crippen molar-refractivity contribution in [2.75, 3.05) is 10.6 Å². The Kier molecular flexibility index (Phi) is 5.80. The molecule has 1 aliphatic rings. The molecule has 0 unspecified atom stereocenters. The van der Waals surface area contributed by atoms with E-state index in [-0.39, 0.29) is 5.75 Å². The lowest BCUT2D eigenvalue weighted by Crippen LogP contribution is -2.17. The number of alkyl halides is 3. The predicted octanol–water partition coefficient (Wildman–Crippen LogP) is 5.99. The number of nitrogens with zero attached hydrogens (tertiary/aromatic N) is 2. The van der Waals surface area contributed by atoms with Crippen molar-refractivity contribution in [3.63, 3.8) is 0 Å². The maximum atomic E-state index is 12.6. The second-order valence-corrected chi connectivity index (χ2v) is 7.85. The van der Waals surface area contributed by atoms with Gasteiger partial charge in [-0.3, -0.25) is 0 Å². The quantitative estimate of drug-likeness (QED) is 0.436. The van der Waals surface area contributed by atoms with Crippen LogP contribution in [0.1, 0.15) is 18.4 Å². The Labute approximate surface area is 179 Å². The van der Waals surface area contributed by atoms with Crippen LogP contribution in [0.5, 0.6) is 5.75 Å². The van der Waals surface area contributed by atoms with Crippen molar-refractivity contribution in [2.24, 2.45) is 0 Å². The van der Waals surface area contributed by atoms with Crippen LogP contribution in [0, 0.1) is 0 Å². The van der Waals surface area contributed by atoms with E-state index in [0.717, 1.165) is 22.9 Å². The third kappa shape index (κ3) is 5.85. The lowest BCUT2D eigenvalue weighted by atomic mass is 10.1. The molecule has 0 bridgehead atoms. The summed E-state index contributed by atoms with van der Waals surface area (Å²) < 4.78 is 42.7. The Morgan fingerprint density at radius 1 is 1.03 bits per heavy atom. The Morgan fingerprint density at radius 2 is 1.80 bits per heavy atom. The zero-order valence-corrected chi connectivity index (χ0v) is 17.3. The van der Waals surface area contributed by atoms with E-state index in [1.54, 1.807) is 12.1 Å². The molecule has 1 aromatic heterocycles.